The molecule has 0 amide bonds. The molecule has 0 fully saturated rings. The van der Waals surface area contributed by atoms with E-state index in [1.165, 1.54) is 30.6 Å². The summed E-state index contributed by atoms with van der Waals surface area (Å²) in [6.45, 7) is 0. The summed E-state index contributed by atoms with van der Waals surface area (Å²) in [6.07, 6.45) is 2.55. The topological polar surface area (TPSA) is 123 Å². The molecule has 4 N–H and O–H groups in total. The van der Waals surface area contributed by atoms with Crippen molar-refractivity contribution in [1.82, 2.24) is 15.0 Å². The molecule has 148 valence electrons. The Balaban J connectivity index is 1.65. The van der Waals surface area contributed by atoms with Crippen LogP contribution in [0.15, 0.2) is 54.9 Å². The van der Waals surface area contributed by atoms with Crippen LogP contribution in [0.4, 0.5) is 21.7 Å². The van der Waals surface area contributed by atoms with Crippen molar-refractivity contribution in [1.29, 1.82) is 0 Å². The van der Waals surface area contributed by atoms with Crippen LogP contribution in [0.2, 0.25) is 0 Å². The van der Waals surface area contributed by atoms with Crippen LogP contribution in [0.3, 0.4) is 0 Å². The first kappa shape index (κ1) is 18.6. The van der Waals surface area contributed by atoms with Crippen molar-refractivity contribution in [2.75, 3.05) is 16.3 Å². The molecule has 29 heavy (non-hydrogen) atoms. The Morgan fingerprint density at radius 3 is 2.66 bits per heavy atom. The zero-order chi connectivity index (χ0) is 20.4. The Kier molecular flexibility index (Phi) is 4.72. The maximum atomic E-state index is 13.1. The fourth-order valence-electron chi connectivity index (χ4n) is 2.61. The molecule has 0 aliphatic rings. The number of rotatable bonds is 6. The third-order valence-electron chi connectivity index (χ3n) is 3.76. The number of halogens is 1. The number of aromatic amines is 2. The highest BCUT2D eigenvalue weighted by Gasteiger charge is 2.18. The fourth-order valence-corrected chi connectivity index (χ4v) is 3.17. The summed E-state index contributed by atoms with van der Waals surface area (Å²) < 4.78 is 44.2. The number of ether oxygens (including phenoxy) is 1. The molecule has 0 aliphatic heterocycles. The predicted molar refractivity (Wildman–Crippen MR) is 105 cm³/mol. The number of fused-ring (bicyclic) bond motifs is 1. The van der Waals surface area contributed by atoms with E-state index in [2.05, 4.69) is 30.0 Å². The normalized spacial score (nSPS) is 11.4. The average molecular weight is 415 g/mol. The summed E-state index contributed by atoms with van der Waals surface area (Å²) in [6, 6.07) is 12.3. The summed E-state index contributed by atoms with van der Waals surface area (Å²) >= 11 is 0. The monoisotopic (exact) mass is 415 g/mol. The molecule has 9 nitrogen and oxygen atoms in total. The molecule has 4 rings (SSSR count). The highest BCUT2D eigenvalue weighted by Crippen LogP contribution is 2.25. The lowest BCUT2D eigenvalue weighted by Gasteiger charge is -2.06. The SMILES string of the molecule is CS(=O)(=O)Nc1cccc(Nc2nc3nc[nH]c3c(Oc3ccc(F)cc3)[nH+]2)c1. The van der Waals surface area contributed by atoms with Gasteiger partial charge in [0, 0.05) is 6.07 Å². The molecule has 2 heterocycles. The molecule has 0 bridgehead atoms. The second-order valence-electron chi connectivity index (χ2n) is 6.15. The van der Waals surface area contributed by atoms with Crippen molar-refractivity contribution in [3.05, 3.63) is 60.7 Å². The first-order valence-corrected chi connectivity index (χ1v) is 10.3. The van der Waals surface area contributed by atoms with Crippen molar-refractivity contribution in [3.8, 4) is 11.6 Å². The van der Waals surface area contributed by atoms with Gasteiger partial charge in [0.1, 0.15) is 17.3 Å². The van der Waals surface area contributed by atoms with E-state index >= 15 is 0 Å². The maximum Gasteiger partial charge on any atom is 0.399 e. The van der Waals surface area contributed by atoms with E-state index < -0.39 is 10.0 Å². The van der Waals surface area contributed by atoms with Gasteiger partial charge < -0.3 is 9.72 Å². The van der Waals surface area contributed by atoms with Gasteiger partial charge in [0.25, 0.3) is 11.5 Å². The summed E-state index contributed by atoms with van der Waals surface area (Å²) in [7, 11) is -3.39. The van der Waals surface area contributed by atoms with Crippen molar-refractivity contribution in [2.45, 2.75) is 0 Å². The third-order valence-corrected chi connectivity index (χ3v) is 4.36. The summed E-state index contributed by atoms with van der Waals surface area (Å²) in [4.78, 5) is 14.5. The number of imidazole rings is 1. The molecule has 0 atom stereocenters. The maximum absolute atomic E-state index is 13.1. The highest BCUT2D eigenvalue weighted by molar-refractivity contribution is 7.92. The molecule has 0 saturated heterocycles. The molecule has 0 aliphatic carbocycles. The van der Waals surface area contributed by atoms with Crippen LogP contribution in [0, 0.1) is 5.82 Å². The predicted octanol–water partition coefficient (Wildman–Crippen LogP) is 2.82. The van der Waals surface area contributed by atoms with Gasteiger partial charge in [0.05, 0.1) is 18.3 Å². The Morgan fingerprint density at radius 1 is 1.14 bits per heavy atom. The average Bonchev–Trinajstić information content (AvgIpc) is 3.11. The Labute approximate surface area is 165 Å². The summed E-state index contributed by atoms with van der Waals surface area (Å²) in [5.41, 5.74) is 1.92. The first-order valence-electron chi connectivity index (χ1n) is 8.40. The van der Waals surface area contributed by atoms with Gasteiger partial charge in [-0.3, -0.25) is 4.72 Å². The van der Waals surface area contributed by atoms with E-state index in [0.29, 0.717) is 40.1 Å². The van der Waals surface area contributed by atoms with Crippen LogP contribution in [0.1, 0.15) is 0 Å². The zero-order valence-corrected chi connectivity index (χ0v) is 15.9. The lowest BCUT2D eigenvalue weighted by Crippen LogP contribution is -2.16. The van der Waals surface area contributed by atoms with E-state index in [4.69, 9.17) is 4.74 Å². The van der Waals surface area contributed by atoms with Gasteiger partial charge in [-0.15, -0.1) is 0 Å². The number of hydrogen-bond acceptors (Lipinski definition) is 6. The molecule has 11 heteroatoms. The number of benzene rings is 2. The number of nitrogens with zero attached hydrogens (tertiary/aromatic N) is 2. The van der Waals surface area contributed by atoms with E-state index in [9.17, 15) is 12.8 Å². The van der Waals surface area contributed by atoms with Gasteiger partial charge in [-0.2, -0.15) is 0 Å². The Bertz CT molecular complexity index is 1270. The molecular weight excluding hydrogens is 399 g/mol. The minimum atomic E-state index is -3.39. The number of sulfonamides is 1. The van der Waals surface area contributed by atoms with Gasteiger partial charge in [-0.1, -0.05) is 6.07 Å². The molecule has 0 saturated carbocycles. The third kappa shape index (κ3) is 4.58. The van der Waals surface area contributed by atoms with Gasteiger partial charge in [0.15, 0.2) is 5.52 Å². The number of aromatic nitrogens is 4. The van der Waals surface area contributed by atoms with Gasteiger partial charge in [-0.05, 0) is 41.4 Å². The number of hydrogen-bond donors (Lipinski definition) is 3. The molecule has 2 aromatic heterocycles. The summed E-state index contributed by atoms with van der Waals surface area (Å²) in [5, 5.41) is 3.05. The second kappa shape index (κ2) is 7.36. The second-order valence-corrected chi connectivity index (χ2v) is 7.90. The Morgan fingerprint density at radius 2 is 1.90 bits per heavy atom. The lowest BCUT2D eigenvalue weighted by molar-refractivity contribution is -0.375. The molecule has 0 spiro atoms. The molecular formula is C18H16FN6O3S+. The van der Waals surface area contributed by atoms with Crippen LogP contribution in [-0.2, 0) is 10.0 Å². The Hall–Kier alpha value is -3.73. The van der Waals surface area contributed by atoms with E-state index in [1.807, 2.05) is 0 Å². The summed E-state index contributed by atoms with van der Waals surface area (Å²) in [5.74, 6) is 0.702. The lowest BCUT2D eigenvalue weighted by atomic mass is 10.3. The minimum Gasteiger partial charge on any atom is -0.427 e. The quantitative estimate of drug-likeness (QED) is 0.445. The molecule has 0 unspecified atom stereocenters. The van der Waals surface area contributed by atoms with E-state index in [1.54, 1.807) is 24.3 Å². The molecule has 2 aromatic carbocycles. The highest BCUT2D eigenvalue weighted by atomic mass is 32.2. The number of anilines is 3. The van der Waals surface area contributed by atoms with Gasteiger partial charge in [0.2, 0.25) is 10.0 Å². The van der Waals surface area contributed by atoms with E-state index in [-0.39, 0.29) is 5.82 Å². The van der Waals surface area contributed by atoms with Gasteiger partial charge >= 0.3 is 5.95 Å². The first-order chi connectivity index (χ1) is 13.9. The standard InChI is InChI=1S/C18H15FN6O3S/c1-29(26,27)25-13-4-2-3-12(9-13)22-18-23-16-15(20-10-21-16)17(24-18)28-14-7-5-11(19)6-8-14/h2-10,25H,1H3,(H2,20,21,22,23,24)/p+1. The van der Waals surface area contributed by atoms with Crippen molar-refractivity contribution in [3.63, 3.8) is 0 Å². The van der Waals surface area contributed by atoms with Gasteiger partial charge in [-0.25, -0.2) is 28.1 Å². The fraction of sp³-hybridized carbons (Fsp3) is 0.0556. The molecule has 4 aromatic rings. The van der Waals surface area contributed by atoms with Crippen LogP contribution in [0.25, 0.3) is 11.2 Å². The minimum absolute atomic E-state index is 0.318. The number of H-pyrrole nitrogens is 2. The van der Waals surface area contributed by atoms with Crippen molar-refractivity contribution in [2.24, 2.45) is 0 Å². The number of nitrogens with one attached hydrogen (secondary N) is 4. The van der Waals surface area contributed by atoms with Crippen LogP contribution < -0.4 is 19.8 Å². The van der Waals surface area contributed by atoms with Crippen LogP contribution >= 0.6 is 0 Å². The van der Waals surface area contributed by atoms with Crippen LogP contribution in [-0.4, -0.2) is 29.6 Å². The largest absolute Gasteiger partial charge is 0.427 e. The van der Waals surface area contributed by atoms with Crippen molar-refractivity contribution < 1.29 is 22.5 Å². The van der Waals surface area contributed by atoms with Crippen LogP contribution in [0.5, 0.6) is 11.6 Å². The smallest absolute Gasteiger partial charge is 0.399 e. The van der Waals surface area contributed by atoms with E-state index in [0.717, 1.165) is 6.26 Å². The molecule has 0 radical (unpaired) electrons. The zero-order valence-electron chi connectivity index (χ0n) is 15.1. The van der Waals surface area contributed by atoms with Crippen molar-refractivity contribution >= 4 is 38.5 Å².